The Bertz CT molecular complexity index is 530. The highest BCUT2D eigenvalue weighted by molar-refractivity contribution is 5.25. The third-order valence-corrected chi connectivity index (χ3v) is 3.93. The largest absolute Gasteiger partial charge is 0.396 e. The smallest absolute Gasteiger partial charge is 0.0631 e. The van der Waals surface area contributed by atoms with Gasteiger partial charge < -0.3 is 5.11 Å². The van der Waals surface area contributed by atoms with Crippen molar-refractivity contribution in [2.75, 3.05) is 6.61 Å². The first-order valence-corrected chi connectivity index (χ1v) is 7.35. The van der Waals surface area contributed by atoms with E-state index in [9.17, 15) is 5.11 Å². The van der Waals surface area contributed by atoms with Crippen molar-refractivity contribution in [2.45, 2.75) is 45.6 Å². The van der Waals surface area contributed by atoms with Crippen molar-refractivity contribution in [3.05, 3.63) is 53.3 Å². The molecule has 2 unspecified atom stereocenters. The number of aromatic nitrogens is 2. The molecule has 0 radical (unpaired) electrons. The molecule has 0 spiro atoms. The molecule has 2 rings (SSSR count). The standard InChI is InChI=1S/C17H24N2O/c1-4-14(3)19-10-9-17(18-19)11-16(12-20)15-7-5-13(2)6-8-15/h5-10,14,16,20H,4,11-12H2,1-3H3. The maximum atomic E-state index is 9.64. The second-order valence-corrected chi connectivity index (χ2v) is 5.54. The van der Waals surface area contributed by atoms with E-state index < -0.39 is 0 Å². The van der Waals surface area contributed by atoms with Gasteiger partial charge >= 0.3 is 0 Å². The molecule has 2 atom stereocenters. The molecule has 20 heavy (non-hydrogen) atoms. The van der Waals surface area contributed by atoms with Crippen LogP contribution in [0.2, 0.25) is 0 Å². The molecule has 3 nitrogen and oxygen atoms in total. The van der Waals surface area contributed by atoms with Crippen molar-refractivity contribution >= 4 is 0 Å². The third kappa shape index (κ3) is 3.48. The molecule has 1 aromatic carbocycles. The molecule has 1 N–H and O–H groups in total. The fraction of sp³-hybridized carbons (Fsp3) is 0.471. The Balaban J connectivity index is 2.10. The van der Waals surface area contributed by atoms with Gasteiger partial charge in [0.2, 0.25) is 0 Å². The highest BCUT2D eigenvalue weighted by Crippen LogP contribution is 2.21. The molecule has 0 saturated heterocycles. The van der Waals surface area contributed by atoms with Crippen LogP contribution in [0.1, 0.15) is 49.0 Å². The summed E-state index contributed by atoms with van der Waals surface area (Å²) in [6.07, 6.45) is 3.89. The summed E-state index contributed by atoms with van der Waals surface area (Å²) in [5, 5.41) is 14.3. The number of aryl methyl sites for hydroxylation is 1. The zero-order valence-corrected chi connectivity index (χ0v) is 12.6. The highest BCUT2D eigenvalue weighted by atomic mass is 16.3. The lowest BCUT2D eigenvalue weighted by atomic mass is 9.94. The normalized spacial score (nSPS) is 14.2. The van der Waals surface area contributed by atoms with Gasteiger partial charge in [-0.3, -0.25) is 4.68 Å². The van der Waals surface area contributed by atoms with Crippen molar-refractivity contribution in [3.63, 3.8) is 0 Å². The van der Waals surface area contributed by atoms with E-state index >= 15 is 0 Å². The lowest BCUT2D eigenvalue weighted by molar-refractivity contribution is 0.263. The molecule has 0 fully saturated rings. The predicted octanol–water partition coefficient (Wildman–Crippen LogP) is 3.48. The molecule has 2 aromatic rings. The zero-order chi connectivity index (χ0) is 14.5. The molecular formula is C17H24N2O. The van der Waals surface area contributed by atoms with E-state index in [1.54, 1.807) is 0 Å². The first-order valence-electron chi connectivity index (χ1n) is 7.35. The fourth-order valence-corrected chi connectivity index (χ4v) is 2.30. The van der Waals surface area contributed by atoms with Gasteiger partial charge in [-0.15, -0.1) is 0 Å². The average molecular weight is 272 g/mol. The van der Waals surface area contributed by atoms with Crippen LogP contribution in [0.4, 0.5) is 0 Å². The van der Waals surface area contributed by atoms with Crippen molar-refractivity contribution in [2.24, 2.45) is 0 Å². The first-order chi connectivity index (χ1) is 9.63. The van der Waals surface area contributed by atoms with E-state index in [1.165, 1.54) is 11.1 Å². The van der Waals surface area contributed by atoms with Crippen molar-refractivity contribution in [1.82, 2.24) is 9.78 Å². The molecular weight excluding hydrogens is 248 g/mol. The Hall–Kier alpha value is -1.61. The van der Waals surface area contributed by atoms with Crippen LogP contribution in [0, 0.1) is 6.92 Å². The molecule has 3 heteroatoms. The van der Waals surface area contributed by atoms with E-state index in [4.69, 9.17) is 0 Å². The average Bonchev–Trinajstić information content (AvgIpc) is 2.93. The van der Waals surface area contributed by atoms with Gasteiger partial charge in [-0.05, 0) is 31.9 Å². The van der Waals surface area contributed by atoms with Gasteiger partial charge in [0, 0.05) is 24.6 Å². The van der Waals surface area contributed by atoms with Gasteiger partial charge in [-0.2, -0.15) is 5.10 Å². The summed E-state index contributed by atoms with van der Waals surface area (Å²) in [5.41, 5.74) is 3.47. The summed E-state index contributed by atoms with van der Waals surface area (Å²) in [7, 11) is 0. The van der Waals surface area contributed by atoms with Crippen molar-refractivity contribution in [1.29, 1.82) is 0 Å². The molecule has 0 aliphatic heterocycles. The van der Waals surface area contributed by atoms with E-state index in [0.29, 0.717) is 6.04 Å². The van der Waals surface area contributed by atoms with Gasteiger partial charge in [-0.1, -0.05) is 36.8 Å². The maximum absolute atomic E-state index is 9.64. The number of nitrogens with zero attached hydrogens (tertiary/aromatic N) is 2. The molecule has 108 valence electrons. The Morgan fingerprint density at radius 2 is 1.90 bits per heavy atom. The van der Waals surface area contributed by atoms with Crippen LogP contribution in [-0.4, -0.2) is 21.5 Å². The number of rotatable bonds is 6. The minimum absolute atomic E-state index is 0.121. The van der Waals surface area contributed by atoms with Gasteiger partial charge in [0.1, 0.15) is 0 Å². The van der Waals surface area contributed by atoms with Crippen LogP contribution >= 0.6 is 0 Å². The van der Waals surface area contributed by atoms with E-state index in [2.05, 4.69) is 56.2 Å². The molecule has 0 aliphatic rings. The molecule has 0 bridgehead atoms. The molecule has 1 heterocycles. The summed E-state index contributed by atoms with van der Waals surface area (Å²) in [6.45, 7) is 6.56. The SMILES string of the molecule is CCC(C)n1ccc(CC(CO)c2ccc(C)cc2)n1. The summed E-state index contributed by atoms with van der Waals surface area (Å²) in [4.78, 5) is 0. The topological polar surface area (TPSA) is 38.0 Å². The lowest BCUT2D eigenvalue weighted by Gasteiger charge is -2.14. The quantitative estimate of drug-likeness (QED) is 0.874. The van der Waals surface area contributed by atoms with Crippen LogP contribution in [-0.2, 0) is 6.42 Å². The van der Waals surface area contributed by atoms with Crippen LogP contribution < -0.4 is 0 Å². The summed E-state index contributed by atoms with van der Waals surface area (Å²) in [5.74, 6) is 0.121. The van der Waals surface area contributed by atoms with E-state index in [1.807, 2.05) is 10.9 Å². The van der Waals surface area contributed by atoms with Crippen LogP contribution in [0.25, 0.3) is 0 Å². The van der Waals surface area contributed by atoms with E-state index in [-0.39, 0.29) is 12.5 Å². The molecule has 0 aliphatic carbocycles. The molecule has 1 aromatic heterocycles. The number of hydrogen-bond donors (Lipinski definition) is 1. The third-order valence-electron chi connectivity index (χ3n) is 3.93. The lowest BCUT2D eigenvalue weighted by Crippen LogP contribution is -2.10. The van der Waals surface area contributed by atoms with Crippen LogP contribution in [0.15, 0.2) is 36.5 Å². The van der Waals surface area contributed by atoms with E-state index in [0.717, 1.165) is 18.5 Å². The van der Waals surface area contributed by atoms with Gasteiger partial charge in [0.15, 0.2) is 0 Å². The first kappa shape index (κ1) is 14.8. The number of aliphatic hydroxyl groups excluding tert-OH is 1. The monoisotopic (exact) mass is 272 g/mol. The minimum Gasteiger partial charge on any atom is -0.396 e. The molecule has 0 saturated carbocycles. The van der Waals surface area contributed by atoms with Gasteiger partial charge in [0.25, 0.3) is 0 Å². The maximum Gasteiger partial charge on any atom is 0.0631 e. The van der Waals surface area contributed by atoms with Crippen LogP contribution in [0.3, 0.4) is 0 Å². The van der Waals surface area contributed by atoms with Crippen LogP contribution in [0.5, 0.6) is 0 Å². The second kappa shape index (κ2) is 6.71. The summed E-state index contributed by atoms with van der Waals surface area (Å²) in [6, 6.07) is 10.9. The van der Waals surface area contributed by atoms with Gasteiger partial charge in [0.05, 0.1) is 12.3 Å². The number of aliphatic hydroxyl groups is 1. The highest BCUT2D eigenvalue weighted by Gasteiger charge is 2.14. The number of hydrogen-bond acceptors (Lipinski definition) is 2. The summed E-state index contributed by atoms with van der Waals surface area (Å²) < 4.78 is 2.01. The predicted molar refractivity (Wildman–Crippen MR) is 81.9 cm³/mol. The Labute approximate surface area is 121 Å². The fourth-order valence-electron chi connectivity index (χ4n) is 2.30. The number of benzene rings is 1. The summed E-state index contributed by atoms with van der Waals surface area (Å²) >= 11 is 0. The Kier molecular flexibility index (Phi) is 4.96. The molecule has 0 amide bonds. The van der Waals surface area contributed by atoms with Crippen molar-refractivity contribution < 1.29 is 5.11 Å². The zero-order valence-electron chi connectivity index (χ0n) is 12.6. The Morgan fingerprint density at radius 1 is 1.20 bits per heavy atom. The van der Waals surface area contributed by atoms with Gasteiger partial charge in [-0.25, -0.2) is 0 Å². The Morgan fingerprint density at radius 3 is 2.50 bits per heavy atom. The second-order valence-electron chi connectivity index (χ2n) is 5.54. The minimum atomic E-state index is 0.121. The van der Waals surface area contributed by atoms with Crippen molar-refractivity contribution in [3.8, 4) is 0 Å².